The Morgan fingerprint density at radius 1 is 1.32 bits per heavy atom. The van der Waals surface area contributed by atoms with Crippen molar-refractivity contribution in [3.05, 3.63) is 24.0 Å². The minimum Gasteiger partial charge on any atom is -0.494 e. The normalized spacial score (nSPS) is 11.1. The van der Waals surface area contributed by atoms with Gasteiger partial charge in [0.2, 0.25) is 0 Å². The molecule has 4 heteroatoms. The molecule has 0 aliphatic rings. The Labute approximate surface area is 114 Å². The number of fused-ring (bicyclic) bond motifs is 1. The summed E-state index contributed by atoms with van der Waals surface area (Å²) in [6, 6.07) is 6.14. The van der Waals surface area contributed by atoms with Gasteiger partial charge in [0.05, 0.1) is 17.6 Å². The number of nitrogens with zero attached hydrogens (tertiary/aromatic N) is 2. The highest BCUT2D eigenvalue weighted by molar-refractivity contribution is 5.77. The quantitative estimate of drug-likeness (QED) is 0.778. The van der Waals surface area contributed by atoms with Crippen molar-refractivity contribution in [3.8, 4) is 5.75 Å². The lowest BCUT2D eigenvalue weighted by Crippen LogP contribution is -2.17. The molecule has 0 fully saturated rings. The van der Waals surface area contributed by atoms with Gasteiger partial charge in [-0.15, -0.1) is 0 Å². The van der Waals surface area contributed by atoms with Gasteiger partial charge in [-0.1, -0.05) is 13.8 Å². The zero-order valence-corrected chi connectivity index (χ0v) is 12.1. The van der Waals surface area contributed by atoms with Crippen LogP contribution < -0.4 is 10.1 Å². The average molecular weight is 261 g/mol. The monoisotopic (exact) mass is 261 g/mol. The highest BCUT2D eigenvalue weighted by Crippen LogP contribution is 2.21. The molecule has 19 heavy (non-hydrogen) atoms. The van der Waals surface area contributed by atoms with E-state index in [9.17, 15) is 0 Å². The van der Waals surface area contributed by atoms with E-state index in [1.54, 1.807) is 0 Å². The van der Waals surface area contributed by atoms with E-state index in [-0.39, 0.29) is 0 Å². The first-order valence-electron chi connectivity index (χ1n) is 7.05. The van der Waals surface area contributed by atoms with Crippen LogP contribution in [0.3, 0.4) is 0 Å². The number of hydrogen-bond donors (Lipinski definition) is 1. The van der Waals surface area contributed by atoms with Crippen LogP contribution in [-0.2, 0) is 13.5 Å². The second-order valence-electron chi connectivity index (χ2n) is 4.69. The van der Waals surface area contributed by atoms with E-state index >= 15 is 0 Å². The molecule has 2 aromatic rings. The molecule has 4 nitrogen and oxygen atoms in total. The van der Waals surface area contributed by atoms with E-state index in [1.165, 1.54) is 0 Å². The van der Waals surface area contributed by atoms with Gasteiger partial charge in [0.25, 0.3) is 0 Å². The fourth-order valence-electron chi connectivity index (χ4n) is 2.14. The standard InChI is InChI=1S/C15H23N3O/c1-4-10-19-12-6-7-14-13(11-12)17-15(18(14)3)8-9-16-5-2/h6-7,11,16H,4-5,8-10H2,1-3H3. The lowest BCUT2D eigenvalue weighted by atomic mass is 10.3. The molecule has 104 valence electrons. The fraction of sp³-hybridized carbons (Fsp3) is 0.533. The summed E-state index contributed by atoms with van der Waals surface area (Å²) in [6.45, 7) is 6.95. The summed E-state index contributed by atoms with van der Waals surface area (Å²) in [7, 11) is 2.07. The number of hydrogen-bond acceptors (Lipinski definition) is 3. The molecule has 0 aliphatic carbocycles. The molecule has 2 rings (SSSR count). The largest absolute Gasteiger partial charge is 0.494 e. The van der Waals surface area contributed by atoms with Crippen LogP contribution in [0.5, 0.6) is 5.75 Å². The summed E-state index contributed by atoms with van der Waals surface area (Å²) in [5.74, 6) is 2.02. The minimum absolute atomic E-state index is 0.756. The first kappa shape index (κ1) is 13.9. The van der Waals surface area contributed by atoms with Crippen LogP contribution in [0.4, 0.5) is 0 Å². The molecule has 0 saturated carbocycles. The number of rotatable bonds is 7. The van der Waals surface area contributed by atoms with E-state index < -0.39 is 0 Å². The second-order valence-corrected chi connectivity index (χ2v) is 4.69. The van der Waals surface area contributed by atoms with E-state index in [4.69, 9.17) is 9.72 Å². The fourth-order valence-corrected chi connectivity index (χ4v) is 2.14. The number of ether oxygens (including phenoxy) is 1. The van der Waals surface area contributed by atoms with Crippen molar-refractivity contribution in [2.24, 2.45) is 7.05 Å². The Morgan fingerprint density at radius 2 is 2.16 bits per heavy atom. The predicted octanol–water partition coefficient (Wildman–Crippen LogP) is 2.51. The van der Waals surface area contributed by atoms with Gasteiger partial charge < -0.3 is 14.6 Å². The lowest BCUT2D eigenvalue weighted by Gasteiger charge is -2.04. The van der Waals surface area contributed by atoms with Gasteiger partial charge in [-0.25, -0.2) is 4.98 Å². The summed E-state index contributed by atoms with van der Waals surface area (Å²) in [6.07, 6.45) is 1.97. The summed E-state index contributed by atoms with van der Waals surface area (Å²) in [5, 5.41) is 3.33. The highest BCUT2D eigenvalue weighted by Gasteiger charge is 2.08. The summed E-state index contributed by atoms with van der Waals surface area (Å²) in [5.41, 5.74) is 2.18. The van der Waals surface area contributed by atoms with Crippen LogP contribution in [0.25, 0.3) is 11.0 Å². The summed E-state index contributed by atoms with van der Waals surface area (Å²) < 4.78 is 7.81. The molecule has 0 aliphatic heterocycles. The molecule has 0 spiro atoms. The number of aryl methyl sites for hydroxylation is 1. The molecule has 1 N–H and O–H groups in total. The van der Waals surface area contributed by atoms with Crippen molar-refractivity contribution in [3.63, 3.8) is 0 Å². The number of imidazole rings is 1. The molecular formula is C15H23N3O. The third-order valence-corrected chi connectivity index (χ3v) is 3.19. The molecule has 1 heterocycles. The van der Waals surface area contributed by atoms with Crippen LogP contribution in [0, 0.1) is 0 Å². The maximum absolute atomic E-state index is 5.65. The zero-order valence-electron chi connectivity index (χ0n) is 12.1. The SMILES string of the molecule is CCCOc1ccc2c(c1)nc(CCNCC)n2C. The lowest BCUT2D eigenvalue weighted by molar-refractivity contribution is 0.318. The topological polar surface area (TPSA) is 39.1 Å². The van der Waals surface area contributed by atoms with E-state index in [1.807, 2.05) is 12.1 Å². The maximum Gasteiger partial charge on any atom is 0.121 e. The Bertz CT molecular complexity index is 533. The molecule has 0 atom stereocenters. The van der Waals surface area contributed by atoms with Gasteiger partial charge in [0.1, 0.15) is 11.6 Å². The van der Waals surface area contributed by atoms with Crippen molar-refractivity contribution in [1.82, 2.24) is 14.9 Å². The molecule has 0 saturated heterocycles. The Balaban J connectivity index is 2.18. The van der Waals surface area contributed by atoms with Gasteiger partial charge in [-0.3, -0.25) is 0 Å². The molecule has 0 radical (unpaired) electrons. The van der Waals surface area contributed by atoms with Gasteiger partial charge >= 0.3 is 0 Å². The third-order valence-electron chi connectivity index (χ3n) is 3.19. The number of aromatic nitrogens is 2. The van der Waals surface area contributed by atoms with Crippen molar-refractivity contribution in [1.29, 1.82) is 0 Å². The number of likely N-dealkylation sites (N-methyl/N-ethyl adjacent to an activating group) is 1. The van der Waals surface area contributed by atoms with Crippen LogP contribution >= 0.6 is 0 Å². The molecule has 1 aromatic heterocycles. The Kier molecular flexibility index (Phi) is 4.80. The molecular weight excluding hydrogens is 238 g/mol. The minimum atomic E-state index is 0.756. The first-order valence-corrected chi connectivity index (χ1v) is 7.05. The Morgan fingerprint density at radius 3 is 2.89 bits per heavy atom. The van der Waals surface area contributed by atoms with Crippen molar-refractivity contribution >= 4 is 11.0 Å². The van der Waals surface area contributed by atoms with Gasteiger partial charge in [-0.2, -0.15) is 0 Å². The van der Waals surface area contributed by atoms with Crippen LogP contribution in [-0.4, -0.2) is 29.2 Å². The van der Waals surface area contributed by atoms with E-state index in [0.717, 1.165) is 55.1 Å². The van der Waals surface area contributed by atoms with Gasteiger partial charge in [-0.05, 0) is 25.1 Å². The Hall–Kier alpha value is -1.55. The molecule has 1 aromatic carbocycles. The molecule has 0 amide bonds. The second kappa shape index (κ2) is 6.57. The molecule has 0 bridgehead atoms. The molecule has 0 unspecified atom stereocenters. The smallest absolute Gasteiger partial charge is 0.121 e. The van der Waals surface area contributed by atoms with E-state index in [0.29, 0.717) is 0 Å². The van der Waals surface area contributed by atoms with Crippen LogP contribution in [0.2, 0.25) is 0 Å². The summed E-state index contributed by atoms with van der Waals surface area (Å²) in [4.78, 5) is 4.70. The highest BCUT2D eigenvalue weighted by atomic mass is 16.5. The average Bonchev–Trinajstić information content (AvgIpc) is 2.73. The number of benzene rings is 1. The van der Waals surface area contributed by atoms with Gasteiger partial charge in [0, 0.05) is 26.1 Å². The predicted molar refractivity (Wildman–Crippen MR) is 78.7 cm³/mol. The summed E-state index contributed by atoms with van der Waals surface area (Å²) >= 11 is 0. The third kappa shape index (κ3) is 3.26. The van der Waals surface area contributed by atoms with Gasteiger partial charge in [0.15, 0.2) is 0 Å². The van der Waals surface area contributed by atoms with Crippen LogP contribution in [0.1, 0.15) is 26.1 Å². The first-order chi connectivity index (χ1) is 9.26. The van der Waals surface area contributed by atoms with Crippen molar-refractivity contribution < 1.29 is 4.74 Å². The zero-order chi connectivity index (χ0) is 13.7. The van der Waals surface area contributed by atoms with Crippen molar-refractivity contribution in [2.45, 2.75) is 26.7 Å². The van der Waals surface area contributed by atoms with Crippen molar-refractivity contribution in [2.75, 3.05) is 19.7 Å². The maximum atomic E-state index is 5.65. The number of nitrogens with one attached hydrogen (secondary N) is 1. The van der Waals surface area contributed by atoms with Crippen LogP contribution in [0.15, 0.2) is 18.2 Å². The van der Waals surface area contributed by atoms with E-state index in [2.05, 4.69) is 36.8 Å².